The zero-order valence-corrected chi connectivity index (χ0v) is 18.6. The highest BCUT2D eigenvalue weighted by Gasteiger charge is 2.29. The third-order valence-electron chi connectivity index (χ3n) is 5.24. The minimum atomic E-state index is -3.46. The first-order chi connectivity index (χ1) is 14.9. The van der Waals surface area contributed by atoms with E-state index < -0.39 is 15.9 Å². The van der Waals surface area contributed by atoms with Gasteiger partial charge in [-0.3, -0.25) is 4.79 Å². The smallest absolute Gasteiger partial charge is 0.255 e. The van der Waals surface area contributed by atoms with Crippen LogP contribution >= 0.6 is 0 Å². The van der Waals surface area contributed by atoms with E-state index in [0.717, 1.165) is 55.2 Å². The van der Waals surface area contributed by atoms with Crippen LogP contribution in [-0.4, -0.2) is 43.7 Å². The van der Waals surface area contributed by atoms with Crippen molar-refractivity contribution >= 4 is 22.1 Å². The van der Waals surface area contributed by atoms with Gasteiger partial charge in [0.2, 0.25) is 10.0 Å². The lowest BCUT2D eigenvalue weighted by Gasteiger charge is -2.31. The van der Waals surface area contributed by atoms with E-state index in [-0.39, 0.29) is 12.6 Å². The third-order valence-corrected chi connectivity index (χ3v) is 6.52. The van der Waals surface area contributed by atoms with Gasteiger partial charge < -0.3 is 4.74 Å². The standard InChI is InChI=1S/C23H29N3O4S/c1-31(28,29)26(21-10-6-3-7-11-21)17-23(27)25-24-16-19-12-14-22(15-13-19)30-18-20-8-4-2-5-9-20/h2,4-5,8-9,12-16,21H,3,6-7,10-11,17-18H2,1H3,(H,25,27). The van der Waals surface area contributed by atoms with Crippen LogP contribution in [0.5, 0.6) is 5.75 Å². The maximum atomic E-state index is 12.3. The molecule has 0 spiro atoms. The van der Waals surface area contributed by atoms with Crippen molar-refractivity contribution in [3.8, 4) is 5.75 Å². The van der Waals surface area contributed by atoms with Crippen molar-refractivity contribution in [1.82, 2.24) is 9.73 Å². The second-order valence-corrected chi connectivity index (χ2v) is 9.67. The summed E-state index contributed by atoms with van der Waals surface area (Å²) < 4.78 is 31.3. The van der Waals surface area contributed by atoms with Crippen LogP contribution < -0.4 is 10.2 Å². The minimum Gasteiger partial charge on any atom is -0.489 e. The fraction of sp³-hybridized carbons (Fsp3) is 0.391. The lowest BCUT2D eigenvalue weighted by atomic mass is 9.95. The quantitative estimate of drug-likeness (QED) is 0.476. The van der Waals surface area contributed by atoms with Crippen molar-refractivity contribution in [3.05, 3.63) is 65.7 Å². The number of amides is 1. The van der Waals surface area contributed by atoms with Crippen molar-refractivity contribution in [2.75, 3.05) is 12.8 Å². The molecule has 1 fully saturated rings. The van der Waals surface area contributed by atoms with Crippen LogP contribution in [0.15, 0.2) is 59.7 Å². The van der Waals surface area contributed by atoms with Crippen LogP contribution in [0.2, 0.25) is 0 Å². The molecule has 2 aromatic carbocycles. The van der Waals surface area contributed by atoms with E-state index in [0.29, 0.717) is 6.61 Å². The Morgan fingerprint density at radius 1 is 1.10 bits per heavy atom. The summed E-state index contributed by atoms with van der Waals surface area (Å²) >= 11 is 0. The highest BCUT2D eigenvalue weighted by molar-refractivity contribution is 7.88. The fourth-order valence-corrected chi connectivity index (χ4v) is 4.74. The Hall–Kier alpha value is -2.71. The van der Waals surface area contributed by atoms with E-state index in [1.54, 1.807) is 0 Å². The first-order valence-corrected chi connectivity index (χ1v) is 12.3. The van der Waals surface area contributed by atoms with Crippen LogP contribution in [0.1, 0.15) is 43.2 Å². The lowest BCUT2D eigenvalue weighted by molar-refractivity contribution is -0.121. The molecule has 8 heteroatoms. The molecule has 0 aromatic heterocycles. The van der Waals surface area contributed by atoms with Crippen LogP contribution in [0, 0.1) is 0 Å². The average molecular weight is 444 g/mol. The van der Waals surface area contributed by atoms with Crippen molar-refractivity contribution in [1.29, 1.82) is 0 Å². The second-order valence-electron chi connectivity index (χ2n) is 7.74. The van der Waals surface area contributed by atoms with E-state index in [4.69, 9.17) is 4.74 Å². The maximum Gasteiger partial charge on any atom is 0.255 e. The summed E-state index contributed by atoms with van der Waals surface area (Å²) in [7, 11) is -3.46. The molecule has 166 valence electrons. The van der Waals surface area contributed by atoms with Gasteiger partial charge in [0.25, 0.3) is 5.91 Å². The molecule has 0 saturated heterocycles. The Labute approximate surface area is 184 Å². The van der Waals surface area contributed by atoms with Gasteiger partial charge in [-0.1, -0.05) is 49.6 Å². The van der Waals surface area contributed by atoms with Crippen molar-refractivity contribution in [3.63, 3.8) is 0 Å². The van der Waals surface area contributed by atoms with E-state index in [1.807, 2.05) is 54.6 Å². The summed E-state index contributed by atoms with van der Waals surface area (Å²) in [6.45, 7) is 0.273. The predicted molar refractivity (Wildman–Crippen MR) is 121 cm³/mol. The summed E-state index contributed by atoms with van der Waals surface area (Å²) in [6.07, 6.45) is 7.35. The van der Waals surface area contributed by atoms with Gasteiger partial charge in [-0.2, -0.15) is 9.41 Å². The molecule has 1 aliphatic rings. The average Bonchev–Trinajstić information content (AvgIpc) is 2.77. The van der Waals surface area contributed by atoms with E-state index in [9.17, 15) is 13.2 Å². The molecule has 1 saturated carbocycles. The highest BCUT2D eigenvalue weighted by atomic mass is 32.2. The number of nitrogens with one attached hydrogen (secondary N) is 1. The Balaban J connectivity index is 1.49. The van der Waals surface area contributed by atoms with Gasteiger partial charge in [-0.25, -0.2) is 13.8 Å². The summed E-state index contributed by atoms with van der Waals surface area (Å²) in [5, 5.41) is 3.96. The number of rotatable bonds is 9. The van der Waals surface area contributed by atoms with Crippen LogP contribution in [0.4, 0.5) is 0 Å². The molecule has 7 nitrogen and oxygen atoms in total. The van der Waals surface area contributed by atoms with Crippen molar-refractivity contribution in [2.45, 2.75) is 44.8 Å². The van der Waals surface area contributed by atoms with Gasteiger partial charge in [0, 0.05) is 6.04 Å². The molecule has 0 bridgehead atoms. The summed E-state index contributed by atoms with van der Waals surface area (Å²) in [4.78, 5) is 12.3. The van der Waals surface area contributed by atoms with Gasteiger partial charge in [0.05, 0.1) is 19.0 Å². The number of nitrogens with zero attached hydrogens (tertiary/aromatic N) is 2. The third kappa shape index (κ3) is 7.48. The van der Waals surface area contributed by atoms with Gasteiger partial charge in [-0.15, -0.1) is 0 Å². The summed E-state index contributed by atoms with van der Waals surface area (Å²) in [5.41, 5.74) is 4.31. The monoisotopic (exact) mass is 443 g/mol. The summed E-state index contributed by atoms with van der Waals surface area (Å²) in [5.74, 6) is 0.288. The molecule has 1 N–H and O–H groups in total. The number of carbonyl (C=O) groups excluding carboxylic acids is 1. The predicted octanol–water partition coefficient (Wildman–Crippen LogP) is 3.31. The molecule has 2 aromatic rings. The molecule has 1 amide bonds. The number of ether oxygens (including phenoxy) is 1. The minimum absolute atomic E-state index is 0.109. The first kappa shape index (κ1) is 23.0. The van der Waals surface area contributed by atoms with Gasteiger partial charge in [0.15, 0.2) is 0 Å². The SMILES string of the molecule is CS(=O)(=O)N(CC(=O)NN=Cc1ccc(OCc2ccccc2)cc1)C1CCCCC1. The van der Waals surface area contributed by atoms with E-state index in [1.165, 1.54) is 10.5 Å². The van der Waals surface area contributed by atoms with Gasteiger partial charge in [0.1, 0.15) is 12.4 Å². The number of hydrogen-bond acceptors (Lipinski definition) is 5. The second kappa shape index (κ2) is 11.1. The molecular formula is C23H29N3O4S. The Kier molecular flexibility index (Phi) is 8.20. The molecule has 0 radical (unpaired) electrons. The zero-order valence-electron chi connectivity index (χ0n) is 17.7. The number of hydrogen-bond donors (Lipinski definition) is 1. The Bertz CT molecular complexity index is 970. The molecule has 0 aliphatic heterocycles. The molecule has 0 atom stereocenters. The lowest BCUT2D eigenvalue weighted by Crippen LogP contribution is -2.45. The van der Waals surface area contributed by atoms with Crippen LogP contribution in [-0.2, 0) is 21.4 Å². The topological polar surface area (TPSA) is 88.1 Å². The van der Waals surface area contributed by atoms with Gasteiger partial charge >= 0.3 is 0 Å². The molecule has 3 rings (SSSR count). The van der Waals surface area contributed by atoms with E-state index >= 15 is 0 Å². The Morgan fingerprint density at radius 3 is 2.42 bits per heavy atom. The molecule has 1 aliphatic carbocycles. The number of sulfonamides is 1. The van der Waals surface area contributed by atoms with Gasteiger partial charge in [-0.05, 0) is 48.2 Å². The number of carbonyl (C=O) groups is 1. The van der Waals surface area contributed by atoms with Crippen molar-refractivity contribution < 1.29 is 17.9 Å². The Morgan fingerprint density at radius 2 is 1.77 bits per heavy atom. The molecule has 31 heavy (non-hydrogen) atoms. The summed E-state index contributed by atoms with van der Waals surface area (Å²) in [6, 6.07) is 17.1. The molecular weight excluding hydrogens is 414 g/mol. The number of benzene rings is 2. The first-order valence-electron chi connectivity index (χ1n) is 10.5. The van der Waals surface area contributed by atoms with Crippen LogP contribution in [0.3, 0.4) is 0 Å². The zero-order chi connectivity index (χ0) is 22.1. The maximum absolute atomic E-state index is 12.3. The normalized spacial score (nSPS) is 15.3. The van der Waals surface area contributed by atoms with E-state index in [2.05, 4.69) is 10.5 Å². The molecule has 0 heterocycles. The largest absolute Gasteiger partial charge is 0.489 e. The number of hydrazone groups is 1. The molecule has 0 unspecified atom stereocenters. The van der Waals surface area contributed by atoms with Crippen molar-refractivity contribution in [2.24, 2.45) is 5.10 Å². The van der Waals surface area contributed by atoms with Crippen LogP contribution in [0.25, 0.3) is 0 Å². The fourth-order valence-electron chi connectivity index (χ4n) is 3.63. The highest BCUT2D eigenvalue weighted by Crippen LogP contribution is 2.24.